The quantitative estimate of drug-likeness (QED) is 0.255. The topological polar surface area (TPSA) is 80.3 Å². The van der Waals surface area contributed by atoms with Crippen LogP contribution in [0.2, 0.25) is 0 Å². The van der Waals surface area contributed by atoms with E-state index in [1.807, 2.05) is 103 Å². The largest absolute Gasteiger partial charge is 0.308 e. The van der Waals surface area contributed by atoms with Crippen LogP contribution in [-0.4, -0.2) is 24.5 Å². The molecule has 0 unspecified atom stereocenters. The summed E-state index contributed by atoms with van der Waals surface area (Å²) in [4.78, 5) is 18.9. The van der Waals surface area contributed by atoms with Gasteiger partial charge in [0, 0.05) is 33.7 Å². The maximum atomic E-state index is 9.61. The lowest BCUT2D eigenvalue weighted by molar-refractivity contribution is 1.07. The van der Waals surface area contributed by atoms with E-state index in [-0.39, 0.29) is 0 Å². The fourth-order valence-corrected chi connectivity index (χ4v) is 4.93. The molecule has 0 aliphatic carbocycles. The van der Waals surface area contributed by atoms with Crippen LogP contribution < -0.4 is 0 Å². The summed E-state index contributed by atoms with van der Waals surface area (Å²) >= 11 is 0. The van der Waals surface area contributed by atoms with Crippen LogP contribution in [0.1, 0.15) is 5.56 Å². The molecular weight excluding hydrogens is 480 g/mol. The second-order valence-corrected chi connectivity index (χ2v) is 9.16. The summed E-state index contributed by atoms with van der Waals surface area (Å²) < 4.78 is 2.17. The maximum absolute atomic E-state index is 9.61. The Morgan fingerprint density at radius 1 is 0.564 bits per heavy atom. The molecule has 4 aromatic carbocycles. The van der Waals surface area contributed by atoms with Crippen LogP contribution in [0.4, 0.5) is 0 Å². The molecule has 6 nitrogen and oxygen atoms in total. The lowest BCUT2D eigenvalue weighted by Gasteiger charge is -2.09. The third-order valence-electron chi connectivity index (χ3n) is 6.76. The molecule has 0 atom stereocenters. The van der Waals surface area contributed by atoms with Gasteiger partial charge in [-0.25, -0.2) is 15.0 Å². The van der Waals surface area contributed by atoms with Gasteiger partial charge < -0.3 is 4.57 Å². The maximum Gasteiger partial charge on any atom is 0.164 e. The van der Waals surface area contributed by atoms with Gasteiger partial charge in [-0.05, 0) is 48.5 Å². The average Bonchev–Trinajstić information content (AvgIpc) is 3.35. The summed E-state index contributed by atoms with van der Waals surface area (Å²) in [6, 6.07) is 38.1. The minimum absolute atomic E-state index is 0.586. The number of rotatable bonds is 4. The van der Waals surface area contributed by atoms with Gasteiger partial charge in [-0.15, -0.1) is 0 Å². The summed E-state index contributed by atoms with van der Waals surface area (Å²) in [6.07, 6.45) is 3.61. The van der Waals surface area contributed by atoms with E-state index in [0.29, 0.717) is 23.0 Å². The van der Waals surface area contributed by atoms with Crippen LogP contribution in [-0.2, 0) is 0 Å². The zero-order valence-electron chi connectivity index (χ0n) is 20.7. The van der Waals surface area contributed by atoms with Gasteiger partial charge in [-0.1, -0.05) is 60.7 Å². The SMILES string of the molecule is N#Cc1ccc2c(c1)c1cc(-c3nc(-c4ccccc4)nc(-c4ccccc4)n3)ccc1n2-c1cccnc1. The van der Waals surface area contributed by atoms with Gasteiger partial charge in [0.25, 0.3) is 0 Å². The Bertz CT molecular complexity index is 1950. The lowest BCUT2D eigenvalue weighted by Crippen LogP contribution is -2.00. The van der Waals surface area contributed by atoms with Gasteiger partial charge >= 0.3 is 0 Å². The predicted octanol–water partition coefficient (Wildman–Crippen LogP) is 7.24. The smallest absolute Gasteiger partial charge is 0.164 e. The van der Waals surface area contributed by atoms with Crippen LogP contribution >= 0.6 is 0 Å². The van der Waals surface area contributed by atoms with Crippen molar-refractivity contribution in [3.8, 4) is 45.9 Å². The minimum atomic E-state index is 0.586. The van der Waals surface area contributed by atoms with Gasteiger partial charge in [0.1, 0.15) is 0 Å². The molecular formula is C33H20N6. The molecule has 0 fully saturated rings. The Morgan fingerprint density at radius 3 is 1.74 bits per heavy atom. The highest BCUT2D eigenvalue weighted by atomic mass is 15.0. The molecule has 0 saturated carbocycles. The van der Waals surface area contributed by atoms with Gasteiger partial charge in [0.2, 0.25) is 0 Å². The molecule has 7 rings (SSSR count). The Labute approximate surface area is 224 Å². The summed E-state index contributed by atoms with van der Waals surface area (Å²) in [5, 5.41) is 11.6. The fraction of sp³-hybridized carbons (Fsp3) is 0. The Morgan fingerprint density at radius 2 is 1.15 bits per heavy atom. The molecule has 0 aliphatic heterocycles. The number of hydrogen-bond donors (Lipinski definition) is 0. The normalized spacial score (nSPS) is 11.1. The molecule has 0 N–H and O–H groups in total. The summed E-state index contributed by atoms with van der Waals surface area (Å²) in [5.74, 6) is 1.82. The minimum Gasteiger partial charge on any atom is -0.308 e. The first kappa shape index (κ1) is 22.5. The van der Waals surface area contributed by atoms with E-state index in [1.54, 1.807) is 6.20 Å². The fourth-order valence-electron chi connectivity index (χ4n) is 4.93. The number of fused-ring (bicyclic) bond motifs is 3. The molecule has 6 heteroatoms. The monoisotopic (exact) mass is 500 g/mol. The van der Waals surface area contributed by atoms with Crippen molar-refractivity contribution >= 4 is 21.8 Å². The molecule has 0 bridgehead atoms. The molecule has 0 amide bonds. The standard InChI is InChI=1S/C33H20N6/c34-20-22-13-15-29-27(18-22)28-19-25(14-16-30(28)39(29)26-12-7-17-35-21-26)33-37-31(23-8-3-1-4-9-23)36-32(38-33)24-10-5-2-6-11-24/h1-19,21H. The number of benzene rings is 4. The summed E-state index contributed by atoms with van der Waals surface area (Å²) in [6.45, 7) is 0. The number of hydrogen-bond acceptors (Lipinski definition) is 5. The van der Waals surface area contributed by atoms with Crippen molar-refractivity contribution in [2.24, 2.45) is 0 Å². The molecule has 182 valence electrons. The van der Waals surface area contributed by atoms with Crippen LogP contribution in [0.15, 0.2) is 122 Å². The van der Waals surface area contributed by atoms with Gasteiger partial charge in [-0.3, -0.25) is 4.98 Å². The van der Waals surface area contributed by atoms with Gasteiger partial charge in [0.05, 0.1) is 34.6 Å². The van der Waals surface area contributed by atoms with Crippen LogP contribution in [0.3, 0.4) is 0 Å². The third-order valence-corrected chi connectivity index (χ3v) is 6.76. The van der Waals surface area contributed by atoms with Crippen LogP contribution in [0, 0.1) is 11.3 Å². The van der Waals surface area contributed by atoms with E-state index in [0.717, 1.165) is 44.2 Å². The molecule has 0 aliphatic rings. The van der Waals surface area contributed by atoms with Crippen molar-refractivity contribution in [1.82, 2.24) is 24.5 Å². The molecule has 7 aromatic rings. The summed E-state index contributed by atoms with van der Waals surface area (Å²) in [7, 11) is 0. The second-order valence-electron chi connectivity index (χ2n) is 9.16. The van der Waals surface area contributed by atoms with E-state index in [9.17, 15) is 5.26 Å². The van der Waals surface area contributed by atoms with Gasteiger partial charge in [-0.2, -0.15) is 5.26 Å². The van der Waals surface area contributed by atoms with E-state index >= 15 is 0 Å². The zero-order chi connectivity index (χ0) is 26.2. The first-order chi connectivity index (χ1) is 19.3. The van der Waals surface area contributed by atoms with Crippen molar-refractivity contribution < 1.29 is 0 Å². The van der Waals surface area contributed by atoms with Crippen molar-refractivity contribution in [3.05, 3.63) is 127 Å². The Kier molecular flexibility index (Phi) is 5.39. The molecule has 39 heavy (non-hydrogen) atoms. The summed E-state index contributed by atoms with van der Waals surface area (Å²) in [5.41, 5.74) is 6.28. The van der Waals surface area contributed by atoms with E-state index in [1.165, 1.54) is 0 Å². The Hall–Kier alpha value is -5.67. The number of nitrogens with zero attached hydrogens (tertiary/aromatic N) is 6. The molecule has 0 radical (unpaired) electrons. The molecule has 3 heterocycles. The van der Waals surface area contributed by atoms with E-state index in [4.69, 9.17) is 15.0 Å². The molecule has 0 saturated heterocycles. The second kappa shape index (κ2) is 9.33. The van der Waals surface area contributed by atoms with Crippen molar-refractivity contribution in [3.63, 3.8) is 0 Å². The van der Waals surface area contributed by atoms with Crippen LogP contribution in [0.5, 0.6) is 0 Å². The van der Waals surface area contributed by atoms with E-state index in [2.05, 4.69) is 27.8 Å². The molecule has 0 spiro atoms. The lowest BCUT2D eigenvalue weighted by atomic mass is 10.1. The molecule has 3 aromatic heterocycles. The highest BCUT2D eigenvalue weighted by Gasteiger charge is 2.17. The van der Waals surface area contributed by atoms with Crippen LogP contribution in [0.25, 0.3) is 61.7 Å². The Balaban J connectivity index is 1.48. The number of nitriles is 1. The van der Waals surface area contributed by atoms with Crippen molar-refractivity contribution in [2.45, 2.75) is 0 Å². The van der Waals surface area contributed by atoms with Gasteiger partial charge in [0.15, 0.2) is 17.5 Å². The highest BCUT2D eigenvalue weighted by molar-refractivity contribution is 6.10. The first-order valence-corrected chi connectivity index (χ1v) is 12.5. The first-order valence-electron chi connectivity index (χ1n) is 12.5. The average molecular weight is 501 g/mol. The number of pyridine rings is 1. The highest BCUT2D eigenvalue weighted by Crippen LogP contribution is 2.35. The zero-order valence-corrected chi connectivity index (χ0v) is 20.7. The van der Waals surface area contributed by atoms with Crippen molar-refractivity contribution in [2.75, 3.05) is 0 Å². The third kappa shape index (κ3) is 3.99. The number of aromatic nitrogens is 5. The van der Waals surface area contributed by atoms with Crippen molar-refractivity contribution in [1.29, 1.82) is 5.26 Å². The predicted molar refractivity (Wildman–Crippen MR) is 153 cm³/mol. The van der Waals surface area contributed by atoms with E-state index < -0.39 is 0 Å².